The van der Waals surface area contributed by atoms with Crippen LogP contribution in [0.3, 0.4) is 0 Å². The Morgan fingerprint density at radius 2 is 0.785 bits per heavy atom. The molecule has 2 nitrogen and oxygen atoms in total. The maximum atomic E-state index is 6.54. The summed E-state index contributed by atoms with van der Waals surface area (Å²) in [5.74, 6) is 0. The monoisotopic (exact) mass is 827 g/mol. The Morgan fingerprint density at radius 1 is 0.308 bits per heavy atom. The van der Waals surface area contributed by atoms with E-state index in [2.05, 4.69) is 248 Å². The van der Waals surface area contributed by atoms with Crippen molar-refractivity contribution >= 4 is 60.5 Å². The van der Waals surface area contributed by atoms with Crippen LogP contribution in [0.1, 0.15) is 22.3 Å². The average molecular weight is 828 g/mol. The van der Waals surface area contributed by atoms with Crippen LogP contribution < -0.4 is 4.90 Å². The van der Waals surface area contributed by atoms with Crippen LogP contribution in [-0.4, -0.2) is 0 Å². The highest BCUT2D eigenvalue weighted by Gasteiger charge is 2.45. The number of para-hydroxylation sites is 2. The molecule has 11 aromatic carbocycles. The average Bonchev–Trinajstić information content (AvgIpc) is 3.92. The van der Waals surface area contributed by atoms with Crippen molar-refractivity contribution in [1.29, 1.82) is 0 Å². The molecule has 13 rings (SSSR count). The van der Waals surface area contributed by atoms with Gasteiger partial charge in [0.25, 0.3) is 0 Å². The molecular weight excluding hydrogens is 787 g/mol. The molecule has 0 aliphatic heterocycles. The lowest BCUT2D eigenvalue weighted by atomic mass is 9.67. The SMILES string of the molecule is c1ccc(-c2c(N(c3ccc(-c4cccc5c4oc4ccccc45)cc3)c3ccc(C4(c5ccccc5)c5ccccc5-c5ccccc54)cc3)c3ccccc3c3ccccc23)cc1. The van der Waals surface area contributed by atoms with Gasteiger partial charge in [0.2, 0.25) is 0 Å². The first-order valence-electron chi connectivity index (χ1n) is 22.4. The first-order valence-corrected chi connectivity index (χ1v) is 22.4. The number of furan rings is 1. The predicted octanol–water partition coefficient (Wildman–Crippen LogP) is 17.1. The quantitative estimate of drug-likeness (QED) is 0.149. The largest absolute Gasteiger partial charge is 0.455 e. The van der Waals surface area contributed by atoms with E-state index < -0.39 is 5.41 Å². The standard InChI is InChI=1S/C63H41NO/c1-3-18-43(19-4-1)60-54-27-9-7-22-49(54)50-23-8-10-28-55(50)61(60)64(46-38-34-42(35-39-46)48-29-17-30-56-53-26-13-16-33-59(53)65-62(48)56)47-40-36-45(37-41-47)63(44-20-5-2-6-21-44)57-31-14-11-24-51(57)52-25-12-15-32-58(52)63/h1-41H. The maximum absolute atomic E-state index is 6.54. The smallest absolute Gasteiger partial charge is 0.143 e. The molecule has 304 valence electrons. The van der Waals surface area contributed by atoms with E-state index in [0.29, 0.717) is 0 Å². The summed E-state index contributed by atoms with van der Waals surface area (Å²) >= 11 is 0. The molecule has 1 aromatic heterocycles. The third-order valence-corrected chi connectivity index (χ3v) is 13.8. The van der Waals surface area contributed by atoms with E-state index >= 15 is 0 Å². The van der Waals surface area contributed by atoms with Crippen LogP contribution in [-0.2, 0) is 5.41 Å². The molecule has 12 aromatic rings. The highest BCUT2D eigenvalue weighted by atomic mass is 16.3. The molecule has 2 heteroatoms. The van der Waals surface area contributed by atoms with Gasteiger partial charge in [0, 0.05) is 38.7 Å². The van der Waals surface area contributed by atoms with Crippen LogP contribution in [0.4, 0.5) is 17.1 Å². The molecule has 0 unspecified atom stereocenters. The fraction of sp³-hybridized carbons (Fsp3) is 0.0159. The Bertz CT molecular complexity index is 3710. The minimum Gasteiger partial charge on any atom is -0.455 e. The number of fused-ring (bicyclic) bond motifs is 9. The Balaban J connectivity index is 1.06. The summed E-state index contributed by atoms with van der Waals surface area (Å²) in [6.07, 6.45) is 0. The predicted molar refractivity (Wildman–Crippen MR) is 272 cm³/mol. The fourth-order valence-electron chi connectivity index (χ4n) is 11.0. The summed E-state index contributed by atoms with van der Waals surface area (Å²) in [7, 11) is 0. The first kappa shape index (κ1) is 37.1. The minimum absolute atomic E-state index is 0.498. The van der Waals surface area contributed by atoms with Crippen molar-refractivity contribution in [2.24, 2.45) is 0 Å². The third-order valence-electron chi connectivity index (χ3n) is 13.8. The van der Waals surface area contributed by atoms with Crippen molar-refractivity contribution in [3.05, 3.63) is 271 Å². The Morgan fingerprint density at radius 3 is 1.46 bits per heavy atom. The molecule has 0 bridgehead atoms. The van der Waals surface area contributed by atoms with E-state index in [1.54, 1.807) is 0 Å². The van der Waals surface area contributed by atoms with Gasteiger partial charge in [-0.05, 0) is 91.0 Å². The minimum atomic E-state index is -0.498. The molecule has 1 aliphatic rings. The highest BCUT2D eigenvalue weighted by molar-refractivity contribution is 6.22. The summed E-state index contributed by atoms with van der Waals surface area (Å²) in [5, 5.41) is 7.10. The van der Waals surface area contributed by atoms with Crippen LogP contribution in [0.5, 0.6) is 0 Å². The fourth-order valence-corrected chi connectivity index (χ4v) is 11.0. The van der Waals surface area contributed by atoms with Crippen molar-refractivity contribution in [1.82, 2.24) is 0 Å². The van der Waals surface area contributed by atoms with Gasteiger partial charge in [0.1, 0.15) is 11.2 Å². The molecule has 65 heavy (non-hydrogen) atoms. The maximum Gasteiger partial charge on any atom is 0.143 e. The van der Waals surface area contributed by atoms with E-state index in [4.69, 9.17) is 4.42 Å². The lowest BCUT2D eigenvalue weighted by molar-refractivity contribution is 0.670. The normalized spacial score (nSPS) is 12.7. The molecule has 0 saturated carbocycles. The number of nitrogens with zero attached hydrogens (tertiary/aromatic N) is 1. The van der Waals surface area contributed by atoms with E-state index in [0.717, 1.165) is 50.1 Å². The Labute approximate surface area is 377 Å². The number of rotatable bonds is 7. The van der Waals surface area contributed by atoms with Crippen molar-refractivity contribution in [2.75, 3.05) is 4.90 Å². The van der Waals surface area contributed by atoms with Crippen molar-refractivity contribution < 1.29 is 4.42 Å². The van der Waals surface area contributed by atoms with Gasteiger partial charge in [-0.2, -0.15) is 0 Å². The lowest BCUT2D eigenvalue weighted by Crippen LogP contribution is -2.28. The number of hydrogen-bond acceptors (Lipinski definition) is 2. The Hall–Kier alpha value is -8.46. The number of hydrogen-bond donors (Lipinski definition) is 0. The molecule has 1 aliphatic carbocycles. The van der Waals surface area contributed by atoms with Crippen molar-refractivity contribution in [3.8, 4) is 33.4 Å². The second kappa shape index (κ2) is 14.8. The van der Waals surface area contributed by atoms with E-state index in [1.807, 2.05) is 6.07 Å². The zero-order valence-corrected chi connectivity index (χ0v) is 35.5. The topological polar surface area (TPSA) is 16.4 Å². The van der Waals surface area contributed by atoms with Gasteiger partial charge in [0.05, 0.1) is 11.1 Å². The van der Waals surface area contributed by atoms with Crippen LogP contribution in [0, 0.1) is 0 Å². The molecule has 0 spiro atoms. The zero-order valence-electron chi connectivity index (χ0n) is 35.5. The molecule has 1 heterocycles. The Kier molecular flexibility index (Phi) is 8.47. The van der Waals surface area contributed by atoms with Gasteiger partial charge in [-0.15, -0.1) is 0 Å². The van der Waals surface area contributed by atoms with Gasteiger partial charge in [0.15, 0.2) is 0 Å². The van der Waals surface area contributed by atoms with Gasteiger partial charge >= 0.3 is 0 Å². The summed E-state index contributed by atoms with van der Waals surface area (Å²) in [4.78, 5) is 2.48. The molecule has 0 fully saturated rings. The van der Waals surface area contributed by atoms with Gasteiger partial charge in [-0.3, -0.25) is 0 Å². The summed E-state index contributed by atoms with van der Waals surface area (Å²) in [6.45, 7) is 0. The van der Waals surface area contributed by atoms with Crippen LogP contribution in [0.15, 0.2) is 253 Å². The van der Waals surface area contributed by atoms with Gasteiger partial charge in [-0.25, -0.2) is 0 Å². The van der Waals surface area contributed by atoms with Crippen molar-refractivity contribution in [2.45, 2.75) is 5.41 Å². The van der Waals surface area contributed by atoms with E-state index in [1.165, 1.54) is 66.1 Å². The van der Waals surface area contributed by atoms with E-state index in [-0.39, 0.29) is 0 Å². The second-order valence-electron chi connectivity index (χ2n) is 17.1. The van der Waals surface area contributed by atoms with E-state index in [9.17, 15) is 0 Å². The summed E-state index contributed by atoms with van der Waals surface area (Å²) < 4.78 is 6.54. The molecular formula is C63H41NO. The lowest BCUT2D eigenvalue weighted by Gasteiger charge is -2.35. The van der Waals surface area contributed by atoms with Gasteiger partial charge < -0.3 is 9.32 Å². The highest BCUT2D eigenvalue weighted by Crippen LogP contribution is 2.57. The number of benzene rings is 11. The van der Waals surface area contributed by atoms with Crippen molar-refractivity contribution in [3.63, 3.8) is 0 Å². The molecule has 0 radical (unpaired) electrons. The molecule has 0 amide bonds. The van der Waals surface area contributed by atoms with Crippen LogP contribution in [0.2, 0.25) is 0 Å². The van der Waals surface area contributed by atoms with Crippen LogP contribution >= 0.6 is 0 Å². The third kappa shape index (κ3) is 5.60. The zero-order chi connectivity index (χ0) is 42.9. The van der Waals surface area contributed by atoms with Crippen LogP contribution in [0.25, 0.3) is 76.9 Å². The first-order chi connectivity index (χ1) is 32.3. The molecule has 0 N–H and O–H groups in total. The molecule has 0 saturated heterocycles. The molecule has 0 atom stereocenters. The van der Waals surface area contributed by atoms with Gasteiger partial charge in [-0.1, -0.05) is 218 Å². The number of anilines is 3. The summed E-state index contributed by atoms with van der Waals surface area (Å²) in [6, 6.07) is 90.9. The summed E-state index contributed by atoms with van der Waals surface area (Å²) in [5.41, 5.74) is 16.8. The second-order valence-corrected chi connectivity index (χ2v) is 17.1.